The molecule has 3 aromatic rings. The Morgan fingerprint density at radius 3 is 1.48 bits per heavy atom. The Balaban J connectivity index is 2.08. The molecule has 0 saturated heterocycles. The Morgan fingerprint density at radius 2 is 1.04 bits per heavy atom. The maximum absolute atomic E-state index is 2.47. The number of hydrogen-bond acceptors (Lipinski definition) is 0. The zero-order valence-electron chi connectivity index (χ0n) is 16.3. The molecular weight excluding hydrogens is 340 g/mol. The van der Waals surface area contributed by atoms with E-state index in [0.717, 1.165) is 0 Å². The van der Waals surface area contributed by atoms with Gasteiger partial charge in [0.25, 0.3) is 0 Å². The summed E-state index contributed by atoms with van der Waals surface area (Å²) in [4.78, 5) is 0. The van der Waals surface area contributed by atoms with E-state index in [1.54, 1.807) is 5.20 Å². The van der Waals surface area contributed by atoms with Crippen molar-refractivity contribution in [1.29, 1.82) is 0 Å². The lowest BCUT2D eigenvalue weighted by Gasteiger charge is -2.39. The van der Waals surface area contributed by atoms with Crippen molar-refractivity contribution in [2.75, 3.05) is 0 Å². The highest BCUT2D eigenvalue weighted by Gasteiger charge is 2.45. The van der Waals surface area contributed by atoms with E-state index in [1.807, 2.05) is 0 Å². The van der Waals surface area contributed by atoms with Gasteiger partial charge in [-0.2, -0.15) is 0 Å². The molecule has 0 aromatic heterocycles. The smallest absolute Gasteiger partial charge is 0.0659 e. The van der Waals surface area contributed by atoms with Crippen molar-refractivity contribution in [2.45, 2.75) is 25.1 Å². The van der Waals surface area contributed by atoms with E-state index in [4.69, 9.17) is 0 Å². The predicted octanol–water partition coefficient (Wildman–Crippen LogP) is 6.87. The molecule has 0 aliphatic heterocycles. The van der Waals surface area contributed by atoms with Crippen molar-refractivity contribution in [2.24, 2.45) is 0 Å². The molecule has 27 heavy (non-hydrogen) atoms. The normalized spacial score (nSPS) is 16.0. The molecule has 134 valence electrons. The van der Waals surface area contributed by atoms with Crippen LogP contribution in [0.1, 0.15) is 16.7 Å². The van der Waals surface area contributed by atoms with Crippen LogP contribution in [-0.2, 0) is 5.41 Å². The van der Waals surface area contributed by atoms with E-state index in [1.165, 1.54) is 22.3 Å². The van der Waals surface area contributed by atoms with Crippen molar-refractivity contribution >= 4 is 13.6 Å². The van der Waals surface area contributed by atoms with E-state index in [2.05, 4.69) is 123 Å². The van der Waals surface area contributed by atoms with Crippen LogP contribution in [0.4, 0.5) is 0 Å². The first-order valence-corrected chi connectivity index (χ1v) is 13.1. The topological polar surface area (TPSA) is 0 Å². The summed E-state index contributed by atoms with van der Waals surface area (Å²) in [5.74, 6) is 0. The van der Waals surface area contributed by atoms with Gasteiger partial charge in [0.2, 0.25) is 0 Å². The summed E-state index contributed by atoms with van der Waals surface area (Å²) in [5.41, 5.74) is 5.26. The molecule has 0 fully saturated rings. The minimum Gasteiger partial charge on any atom is -0.0659 e. The van der Waals surface area contributed by atoms with Crippen LogP contribution in [0, 0.1) is 0 Å². The molecule has 0 spiro atoms. The summed E-state index contributed by atoms with van der Waals surface area (Å²) in [6.07, 6.45) is 4.80. The van der Waals surface area contributed by atoms with Crippen LogP contribution in [0.25, 0.3) is 5.57 Å². The second-order valence-corrected chi connectivity index (χ2v) is 13.3. The second kappa shape index (κ2) is 6.83. The molecule has 0 radical (unpaired) electrons. The largest absolute Gasteiger partial charge is 0.0752 e. The fourth-order valence-electron chi connectivity index (χ4n) is 4.49. The monoisotopic (exact) mass is 366 g/mol. The minimum atomic E-state index is -1.65. The Labute approximate surface area is 163 Å². The average molecular weight is 367 g/mol. The molecular formula is C26H26Si. The molecule has 0 saturated carbocycles. The predicted molar refractivity (Wildman–Crippen MR) is 120 cm³/mol. The molecule has 0 heterocycles. The van der Waals surface area contributed by atoms with Crippen LogP contribution in [0.5, 0.6) is 0 Å². The molecule has 1 aliphatic rings. The van der Waals surface area contributed by atoms with Crippen molar-refractivity contribution in [3.8, 4) is 0 Å². The van der Waals surface area contributed by atoms with Crippen molar-refractivity contribution in [3.63, 3.8) is 0 Å². The van der Waals surface area contributed by atoms with E-state index < -0.39 is 8.07 Å². The summed E-state index contributed by atoms with van der Waals surface area (Å²) in [6, 6.07) is 32.9. The van der Waals surface area contributed by atoms with Gasteiger partial charge in [0.1, 0.15) is 0 Å². The van der Waals surface area contributed by atoms with Gasteiger partial charge in [0.15, 0.2) is 0 Å². The molecule has 0 bridgehead atoms. The molecule has 0 nitrogen and oxygen atoms in total. The first kappa shape index (κ1) is 17.8. The molecule has 0 N–H and O–H groups in total. The van der Waals surface area contributed by atoms with Crippen LogP contribution in [0.3, 0.4) is 0 Å². The van der Waals surface area contributed by atoms with Crippen LogP contribution in [-0.4, -0.2) is 8.07 Å². The van der Waals surface area contributed by atoms with E-state index in [9.17, 15) is 0 Å². The van der Waals surface area contributed by atoms with Crippen molar-refractivity contribution in [1.82, 2.24) is 0 Å². The Kier molecular flexibility index (Phi) is 4.49. The summed E-state index contributed by atoms with van der Waals surface area (Å²) in [6.45, 7) is 7.41. The van der Waals surface area contributed by atoms with Crippen molar-refractivity contribution < 1.29 is 0 Å². The van der Waals surface area contributed by atoms with E-state index in [-0.39, 0.29) is 5.41 Å². The lowest BCUT2D eigenvalue weighted by Crippen LogP contribution is -2.39. The number of rotatable bonds is 4. The average Bonchev–Trinajstić information content (AvgIpc) is 3.12. The molecule has 1 aliphatic carbocycles. The summed E-state index contributed by atoms with van der Waals surface area (Å²) < 4.78 is 0. The molecule has 0 unspecified atom stereocenters. The first-order valence-electron chi connectivity index (χ1n) is 9.64. The second-order valence-electron chi connectivity index (χ2n) is 8.28. The number of hydrogen-bond donors (Lipinski definition) is 0. The third-order valence-corrected chi connectivity index (χ3v) is 7.62. The van der Waals surface area contributed by atoms with Crippen LogP contribution >= 0.6 is 0 Å². The molecule has 4 rings (SSSR count). The van der Waals surface area contributed by atoms with Crippen LogP contribution in [0.15, 0.2) is 108 Å². The van der Waals surface area contributed by atoms with Gasteiger partial charge in [-0.15, -0.1) is 0 Å². The van der Waals surface area contributed by atoms with E-state index >= 15 is 0 Å². The third kappa shape index (κ3) is 3.02. The van der Waals surface area contributed by atoms with Crippen LogP contribution in [0.2, 0.25) is 19.6 Å². The Bertz CT molecular complexity index is 935. The number of benzene rings is 3. The molecule has 1 heteroatoms. The van der Waals surface area contributed by atoms with E-state index in [0.29, 0.717) is 0 Å². The maximum Gasteiger partial charge on any atom is 0.0752 e. The highest BCUT2D eigenvalue weighted by atomic mass is 28.3. The molecule has 0 amide bonds. The summed E-state index contributed by atoms with van der Waals surface area (Å²) in [5, 5.41) is 1.60. The molecule has 3 aromatic carbocycles. The maximum atomic E-state index is 2.47. The van der Waals surface area contributed by atoms with Gasteiger partial charge in [-0.3, -0.25) is 0 Å². The fraction of sp³-hybridized carbons (Fsp3) is 0.154. The quantitative estimate of drug-likeness (QED) is 0.442. The summed E-state index contributed by atoms with van der Waals surface area (Å²) in [7, 11) is -1.65. The van der Waals surface area contributed by atoms with Gasteiger partial charge in [0, 0.05) is 0 Å². The van der Waals surface area contributed by atoms with Gasteiger partial charge >= 0.3 is 0 Å². The zero-order valence-corrected chi connectivity index (χ0v) is 17.3. The summed E-state index contributed by atoms with van der Waals surface area (Å²) >= 11 is 0. The fourth-order valence-corrected chi connectivity index (χ4v) is 7.08. The highest BCUT2D eigenvalue weighted by molar-refractivity contribution is 6.84. The van der Waals surface area contributed by atoms with Gasteiger partial charge in [-0.25, -0.2) is 0 Å². The third-order valence-electron chi connectivity index (χ3n) is 5.46. The molecule has 0 atom stereocenters. The lowest BCUT2D eigenvalue weighted by molar-refractivity contribution is 0.803. The zero-order chi connectivity index (χ0) is 18.9. The van der Waals surface area contributed by atoms with Gasteiger partial charge < -0.3 is 0 Å². The minimum absolute atomic E-state index is 0.182. The van der Waals surface area contributed by atoms with Gasteiger partial charge in [0.05, 0.1) is 13.5 Å². The Morgan fingerprint density at radius 1 is 0.593 bits per heavy atom. The van der Waals surface area contributed by atoms with Gasteiger partial charge in [-0.1, -0.05) is 128 Å². The first-order chi connectivity index (χ1) is 13.0. The van der Waals surface area contributed by atoms with Crippen molar-refractivity contribution in [3.05, 3.63) is 125 Å². The SMILES string of the molecule is C[Si](C)(C)C1=C(c2ccccc2)C=CC1(c1ccccc1)c1ccccc1. The standard InChI is InChI=1S/C26H26Si/c1-27(2,3)25-24(21-13-7-4-8-14-21)19-20-26(25,22-15-9-5-10-16-22)23-17-11-6-12-18-23/h4-20H,1-3H3. The lowest BCUT2D eigenvalue weighted by atomic mass is 9.75. The van der Waals surface area contributed by atoms with Gasteiger partial charge in [-0.05, 0) is 22.3 Å². The highest BCUT2D eigenvalue weighted by Crippen LogP contribution is 2.51. The Hall–Kier alpha value is -2.64. The number of allylic oxidation sites excluding steroid dienone is 4. The van der Waals surface area contributed by atoms with Crippen LogP contribution < -0.4 is 0 Å².